The molecule has 0 spiro atoms. The van der Waals surface area contributed by atoms with E-state index in [0.29, 0.717) is 10.6 Å². The molecule has 0 aromatic carbocycles. The lowest BCUT2D eigenvalue weighted by atomic mass is 10.2. The first-order valence-corrected chi connectivity index (χ1v) is 8.52. The molecule has 25 heavy (non-hydrogen) atoms. The highest BCUT2D eigenvalue weighted by atomic mass is 79.9. The number of imide groups is 1. The van der Waals surface area contributed by atoms with Gasteiger partial charge in [-0.1, -0.05) is 15.9 Å². The van der Waals surface area contributed by atoms with Gasteiger partial charge in [-0.3, -0.25) is 0 Å². The van der Waals surface area contributed by atoms with Crippen LogP contribution in [0, 0.1) is 0 Å². The first kappa shape index (κ1) is 16.6. The molecule has 0 atom stereocenters. The fraction of sp³-hybridized carbons (Fsp3) is 0.625. The van der Waals surface area contributed by atoms with E-state index in [1.54, 1.807) is 41.5 Å². The van der Waals surface area contributed by atoms with Crippen molar-refractivity contribution in [3.63, 3.8) is 0 Å². The van der Waals surface area contributed by atoms with Gasteiger partial charge in [0.05, 0.1) is 16.8 Å². The Bertz CT molecular complexity index is 702. The lowest BCUT2D eigenvalue weighted by Gasteiger charge is -2.28. The van der Waals surface area contributed by atoms with Crippen molar-refractivity contribution in [1.82, 2.24) is 10.2 Å². The fourth-order valence-corrected chi connectivity index (χ4v) is 1.87. The molecule has 140 valence electrons. The van der Waals surface area contributed by atoms with Gasteiger partial charge in [0.2, 0.25) is 0 Å². The summed E-state index contributed by atoms with van der Waals surface area (Å²) in [6.45, 7) is 9.71. The number of hydrogen-bond donors (Lipinski definition) is 0. The van der Waals surface area contributed by atoms with Crippen LogP contribution in [0.3, 0.4) is 0 Å². The van der Waals surface area contributed by atoms with E-state index in [1.807, 2.05) is 0 Å². The Morgan fingerprint density at radius 2 is 1.64 bits per heavy atom. The molecule has 0 aliphatic rings. The number of aromatic nitrogens is 2. The smallest absolute Gasteiger partial charge is 0.424 e. The highest BCUT2D eigenvalue weighted by Gasteiger charge is 2.35. The molecule has 0 N–H and O–H groups in total. The van der Waals surface area contributed by atoms with E-state index in [9.17, 15) is 9.59 Å². The van der Waals surface area contributed by atoms with Crippen LogP contribution in [0.2, 0.25) is 0 Å². The van der Waals surface area contributed by atoms with Crippen molar-refractivity contribution in [3.05, 3.63) is 11.8 Å². The third-order valence-electron chi connectivity index (χ3n) is 2.42. The van der Waals surface area contributed by atoms with Crippen LogP contribution in [-0.4, -0.2) is 40.6 Å². The molecule has 0 aliphatic carbocycles. The summed E-state index contributed by atoms with van der Waals surface area (Å²) >= 11 is 3.19. The molecule has 0 saturated heterocycles. The molecule has 1 aromatic rings. The number of amides is 2. The van der Waals surface area contributed by atoms with Crippen molar-refractivity contribution in [3.8, 4) is 5.88 Å². The standard InChI is InChI=1S/C16H24BrN3O5/c1-15(2,3)24-13(21)20(14(22)25-16(4,5)6)11-8-10(9-17)18-19-12(11)23-7/h8H,9H2,1-7H3/i7D3. The van der Waals surface area contributed by atoms with Crippen LogP contribution in [0.25, 0.3) is 0 Å². The lowest BCUT2D eigenvalue weighted by Crippen LogP contribution is -2.44. The normalized spacial score (nSPS) is 14.0. The third-order valence-corrected chi connectivity index (χ3v) is 2.99. The van der Waals surface area contributed by atoms with Crippen LogP contribution in [0.5, 0.6) is 5.88 Å². The summed E-state index contributed by atoms with van der Waals surface area (Å²) in [6.07, 6.45) is -2.16. The van der Waals surface area contributed by atoms with Gasteiger partial charge in [0.1, 0.15) is 16.9 Å². The van der Waals surface area contributed by atoms with E-state index in [4.69, 9.17) is 18.3 Å². The molecule has 0 saturated carbocycles. The first-order valence-electron chi connectivity index (χ1n) is 8.90. The molecule has 2 amide bonds. The third kappa shape index (κ3) is 6.49. The second-order valence-electron chi connectivity index (χ2n) is 7.06. The summed E-state index contributed by atoms with van der Waals surface area (Å²) in [5, 5.41) is 7.72. The minimum Gasteiger partial charge on any atom is -0.478 e. The number of rotatable bonds is 3. The van der Waals surface area contributed by atoms with E-state index in [2.05, 4.69) is 26.1 Å². The van der Waals surface area contributed by atoms with Gasteiger partial charge in [0.15, 0.2) is 0 Å². The lowest BCUT2D eigenvalue weighted by molar-refractivity contribution is 0.0429. The zero-order valence-electron chi connectivity index (χ0n) is 18.0. The average molecular weight is 421 g/mol. The number of alkyl halides is 1. The van der Waals surface area contributed by atoms with Gasteiger partial charge in [-0.15, -0.1) is 5.10 Å². The predicted molar refractivity (Wildman–Crippen MR) is 96.2 cm³/mol. The molecule has 1 rings (SSSR count). The molecule has 9 heteroatoms. The van der Waals surface area contributed by atoms with Crippen LogP contribution in [0.15, 0.2) is 6.07 Å². The van der Waals surface area contributed by atoms with Crippen molar-refractivity contribution in [2.24, 2.45) is 0 Å². The van der Waals surface area contributed by atoms with E-state index < -0.39 is 36.3 Å². The Hall–Kier alpha value is -1.90. The minimum absolute atomic E-state index is 0.234. The number of halogens is 1. The SMILES string of the molecule is [2H]C([2H])([2H])Oc1nnc(CBr)cc1N(C(=O)OC(C)(C)C)C(=O)OC(C)(C)C. The van der Waals surface area contributed by atoms with E-state index in [0.717, 1.165) is 0 Å². The first-order chi connectivity index (χ1) is 12.5. The zero-order chi connectivity index (χ0) is 21.9. The monoisotopic (exact) mass is 420 g/mol. The minimum atomic E-state index is -2.88. The molecule has 8 nitrogen and oxygen atoms in total. The summed E-state index contributed by atoms with van der Waals surface area (Å²) in [5.41, 5.74) is -1.79. The van der Waals surface area contributed by atoms with Crippen molar-refractivity contribution < 1.29 is 27.9 Å². The number of anilines is 1. The van der Waals surface area contributed by atoms with Gasteiger partial charge in [0, 0.05) is 5.33 Å². The Labute approximate surface area is 160 Å². The maximum absolute atomic E-state index is 12.8. The van der Waals surface area contributed by atoms with Gasteiger partial charge in [-0.25, -0.2) is 9.59 Å². The maximum Gasteiger partial charge on any atom is 0.424 e. The van der Waals surface area contributed by atoms with Crippen molar-refractivity contribution in [1.29, 1.82) is 0 Å². The summed E-state index contributed by atoms with van der Waals surface area (Å²) in [7, 11) is -2.88. The maximum atomic E-state index is 12.8. The number of methoxy groups -OCH3 is 1. The quantitative estimate of drug-likeness (QED) is 0.680. The predicted octanol–water partition coefficient (Wildman–Crippen LogP) is 4.06. The number of carbonyl (C=O) groups is 2. The van der Waals surface area contributed by atoms with Gasteiger partial charge in [-0.05, 0) is 47.6 Å². The topological polar surface area (TPSA) is 90.9 Å². The zero-order valence-corrected chi connectivity index (χ0v) is 16.6. The summed E-state index contributed by atoms with van der Waals surface area (Å²) in [6, 6.07) is 1.29. The summed E-state index contributed by atoms with van der Waals surface area (Å²) in [4.78, 5) is 26.0. The number of carbonyl (C=O) groups excluding carboxylic acids is 2. The largest absolute Gasteiger partial charge is 0.478 e. The number of ether oxygens (including phenoxy) is 3. The number of nitrogens with zero attached hydrogens (tertiary/aromatic N) is 3. The Morgan fingerprint density at radius 3 is 2.04 bits per heavy atom. The fourth-order valence-electron chi connectivity index (χ4n) is 1.59. The molecule has 0 fully saturated rings. The summed E-state index contributed by atoms with van der Waals surface area (Å²) in [5.74, 6) is -0.540. The van der Waals surface area contributed by atoms with E-state index in [-0.39, 0.29) is 11.0 Å². The molecular formula is C16H24BrN3O5. The molecule has 0 aliphatic heterocycles. The highest BCUT2D eigenvalue weighted by molar-refractivity contribution is 9.08. The second-order valence-corrected chi connectivity index (χ2v) is 7.62. The van der Waals surface area contributed by atoms with E-state index >= 15 is 0 Å². The number of hydrogen-bond acceptors (Lipinski definition) is 7. The molecule has 0 radical (unpaired) electrons. The second kappa shape index (κ2) is 7.99. The average Bonchev–Trinajstić information content (AvgIpc) is 2.43. The molecule has 0 unspecified atom stereocenters. The Kier molecular flexibility index (Phi) is 5.29. The van der Waals surface area contributed by atoms with Crippen LogP contribution in [-0.2, 0) is 14.8 Å². The van der Waals surface area contributed by atoms with Crippen LogP contribution in [0.4, 0.5) is 15.3 Å². The van der Waals surface area contributed by atoms with Gasteiger partial charge in [0.25, 0.3) is 5.88 Å². The molecular weight excluding hydrogens is 394 g/mol. The summed E-state index contributed by atoms with van der Waals surface area (Å²) < 4.78 is 37.3. The van der Waals surface area contributed by atoms with Crippen LogP contribution in [0.1, 0.15) is 51.3 Å². The molecule has 0 bridgehead atoms. The van der Waals surface area contributed by atoms with E-state index in [1.165, 1.54) is 6.07 Å². The molecule has 1 heterocycles. The van der Waals surface area contributed by atoms with Gasteiger partial charge < -0.3 is 14.2 Å². The highest BCUT2D eigenvalue weighted by Crippen LogP contribution is 2.29. The van der Waals surface area contributed by atoms with Gasteiger partial charge in [-0.2, -0.15) is 10.00 Å². The van der Waals surface area contributed by atoms with Crippen LogP contribution < -0.4 is 9.64 Å². The van der Waals surface area contributed by atoms with Crippen molar-refractivity contribution in [2.75, 3.05) is 11.9 Å². The van der Waals surface area contributed by atoms with Crippen molar-refractivity contribution in [2.45, 2.75) is 58.1 Å². The van der Waals surface area contributed by atoms with Gasteiger partial charge >= 0.3 is 12.2 Å². The Morgan fingerprint density at radius 1 is 1.12 bits per heavy atom. The molecule has 1 aromatic heterocycles. The van der Waals surface area contributed by atoms with Crippen molar-refractivity contribution >= 4 is 33.8 Å². The van der Waals surface area contributed by atoms with Crippen LogP contribution >= 0.6 is 15.9 Å². The Balaban J connectivity index is 3.54.